The first-order valence-corrected chi connectivity index (χ1v) is 7.02. The van der Waals surface area contributed by atoms with E-state index in [2.05, 4.69) is 38.3 Å². The molecule has 0 bridgehead atoms. The molecule has 1 amide bonds. The van der Waals surface area contributed by atoms with E-state index in [0.717, 1.165) is 38.8 Å². The molecule has 1 saturated heterocycles. The van der Waals surface area contributed by atoms with Gasteiger partial charge in [0.1, 0.15) is 0 Å². The van der Waals surface area contributed by atoms with E-state index in [1.165, 1.54) is 0 Å². The SMILES string of the molecule is CCCC1(C(=O)NC(C)CC(C)C)CCNC1. The first kappa shape index (κ1) is 14.5. The van der Waals surface area contributed by atoms with E-state index in [4.69, 9.17) is 0 Å². The highest BCUT2D eigenvalue weighted by Gasteiger charge is 2.40. The third kappa shape index (κ3) is 3.98. The standard InChI is InChI=1S/C14H28N2O/c1-5-6-14(7-8-15-10-14)13(17)16-12(4)9-11(2)3/h11-12,15H,5-10H2,1-4H3,(H,16,17). The fourth-order valence-electron chi connectivity index (χ4n) is 2.89. The molecule has 1 aliphatic rings. The fraction of sp³-hybridized carbons (Fsp3) is 0.929. The normalized spacial score (nSPS) is 26.2. The second-order valence-corrected chi connectivity index (χ2v) is 5.96. The van der Waals surface area contributed by atoms with Gasteiger partial charge in [-0.1, -0.05) is 27.2 Å². The van der Waals surface area contributed by atoms with Crippen molar-refractivity contribution in [1.82, 2.24) is 10.6 Å². The maximum Gasteiger partial charge on any atom is 0.227 e. The van der Waals surface area contributed by atoms with E-state index in [1.54, 1.807) is 0 Å². The maximum atomic E-state index is 12.4. The van der Waals surface area contributed by atoms with Gasteiger partial charge in [-0.15, -0.1) is 0 Å². The van der Waals surface area contributed by atoms with Gasteiger partial charge in [0.15, 0.2) is 0 Å². The van der Waals surface area contributed by atoms with Crippen LogP contribution < -0.4 is 10.6 Å². The Hall–Kier alpha value is -0.570. The van der Waals surface area contributed by atoms with Crippen molar-refractivity contribution < 1.29 is 4.79 Å². The zero-order chi connectivity index (χ0) is 12.9. The van der Waals surface area contributed by atoms with Gasteiger partial charge in [-0.3, -0.25) is 4.79 Å². The van der Waals surface area contributed by atoms with Crippen LogP contribution in [0.3, 0.4) is 0 Å². The highest BCUT2D eigenvalue weighted by atomic mass is 16.2. The molecule has 0 aliphatic carbocycles. The van der Waals surface area contributed by atoms with Crippen molar-refractivity contribution in [2.24, 2.45) is 11.3 Å². The molecule has 0 aromatic rings. The number of nitrogens with one attached hydrogen (secondary N) is 2. The van der Waals surface area contributed by atoms with Gasteiger partial charge in [-0.05, 0) is 38.6 Å². The summed E-state index contributed by atoms with van der Waals surface area (Å²) in [5.41, 5.74) is -0.139. The van der Waals surface area contributed by atoms with Crippen molar-refractivity contribution >= 4 is 5.91 Å². The third-order valence-corrected chi connectivity index (χ3v) is 3.66. The van der Waals surface area contributed by atoms with E-state index in [1.807, 2.05) is 0 Å². The first-order chi connectivity index (χ1) is 8.00. The van der Waals surface area contributed by atoms with Crippen LogP contribution in [0.5, 0.6) is 0 Å². The number of carbonyl (C=O) groups excluding carboxylic acids is 1. The van der Waals surface area contributed by atoms with Crippen molar-refractivity contribution in [1.29, 1.82) is 0 Å². The molecule has 1 fully saturated rings. The molecule has 1 rings (SSSR count). The van der Waals surface area contributed by atoms with Gasteiger partial charge in [0, 0.05) is 12.6 Å². The zero-order valence-electron chi connectivity index (χ0n) is 11.8. The topological polar surface area (TPSA) is 41.1 Å². The second kappa shape index (κ2) is 6.39. The predicted octanol–water partition coefficient (Wildman–Crippen LogP) is 2.32. The van der Waals surface area contributed by atoms with Crippen molar-refractivity contribution in [3.05, 3.63) is 0 Å². The predicted molar refractivity (Wildman–Crippen MR) is 71.9 cm³/mol. The minimum absolute atomic E-state index is 0.139. The molecule has 0 radical (unpaired) electrons. The average molecular weight is 240 g/mol. The molecule has 17 heavy (non-hydrogen) atoms. The number of carbonyl (C=O) groups is 1. The Kier molecular flexibility index (Phi) is 5.44. The van der Waals surface area contributed by atoms with E-state index in [9.17, 15) is 4.79 Å². The smallest absolute Gasteiger partial charge is 0.227 e. The summed E-state index contributed by atoms with van der Waals surface area (Å²) < 4.78 is 0. The van der Waals surface area contributed by atoms with Gasteiger partial charge in [0.2, 0.25) is 5.91 Å². The van der Waals surface area contributed by atoms with Crippen LogP contribution in [0, 0.1) is 11.3 Å². The molecule has 0 aromatic heterocycles. The van der Waals surface area contributed by atoms with E-state index in [0.29, 0.717) is 5.92 Å². The van der Waals surface area contributed by atoms with Crippen molar-refractivity contribution in [3.8, 4) is 0 Å². The quantitative estimate of drug-likeness (QED) is 0.748. The third-order valence-electron chi connectivity index (χ3n) is 3.66. The molecule has 1 aliphatic heterocycles. The van der Waals surface area contributed by atoms with Gasteiger partial charge >= 0.3 is 0 Å². The monoisotopic (exact) mass is 240 g/mol. The highest BCUT2D eigenvalue weighted by Crippen LogP contribution is 2.31. The molecule has 3 heteroatoms. The maximum absolute atomic E-state index is 12.4. The Morgan fingerprint density at radius 3 is 2.59 bits per heavy atom. The summed E-state index contributed by atoms with van der Waals surface area (Å²) in [6.45, 7) is 10.5. The average Bonchev–Trinajstić information content (AvgIpc) is 2.66. The number of rotatable bonds is 6. The summed E-state index contributed by atoms with van der Waals surface area (Å²) in [6.07, 6.45) is 4.12. The lowest BCUT2D eigenvalue weighted by molar-refractivity contribution is -0.131. The summed E-state index contributed by atoms with van der Waals surface area (Å²) >= 11 is 0. The Morgan fingerprint density at radius 2 is 2.12 bits per heavy atom. The zero-order valence-corrected chi connectivity index (χ0v) is 11.8. The van der Waals surface area contributed by atoms with Gasteiger partial charge in [0.25, 0.3) is 0 Å². The molecular formula is C14H28N2O. The molecular weight excluding hydrogens is 212 g/mol. The summed E-state index contributed by atoms with van der Waals surface area (Å²) in [5.74, 6) is 0.895. The van der Waals surface area contributed by atoms with Gasteiger partial charge in [-0.25, -0.2) is 0 Å². The Labute approximate surface area is 106 Å². The Balaban J connectivity index is 2.54. The van der Waals surface area contributed by atoms with Crippen molar-refractivity contribution in [3.63, 3.8) is 0 Å². The van der Waals surface area contributed by atoms with Gasteiger partial charge < -0.3 is 10.6 Å². The molecule has 2 atom stereocenters. The largest absolute Gasteiger partial charge is 0.353 e. The van der Waals surface area contributed by atoms with Gasteiger partial charge in [0.05, 0.1) is 5.41 Å². The molecule has 2 unspecified atom stereocenters. The number of hydrogen-bond acceptors (Lipinski definition) is 2. The van der Waals surface area contributed by atoms with Crippen LogP contribution in [-0.4, -0.2) is 25.0 Å². The van der Waals surface area contributed by atoms with E-state index < -0.39 is 0 Å². The van der Waals surface area contributed by atoms with Crippen molar-refractivity contribution in [2.75, 3.05) is 13.1 Å². The fourth-order valence-corrected chi connectivity index (χ4v) is 2.89. The van der Waals surface area contributed by atoms with Crippen molar-refractivity contribution in [2.45, 2.75) is 59.4 Å². The molecule has 0 aromatic carbocycles. The van der Waals surface area contributed by atoms with Crippen LogP contribution in [0.1, 0.15) is 53.4 Å². The highest BCUT2D eigenvalue weighted by molar-refractivity contribution is 5.83. The lowest BCUT2D eigenvalue weighted by atomic mass is 9.81. The van der Waals surface area contributed by atoms with Crippen LogP contribution in [0.2, 0.25) is 0 Å². The molecule has 100 valence electrons. The van der Waals surface area contributed by atoms with E-state index >= 15 is 0 Å². The molecule has 0 saturated carbocycles. The van der Waals surface area contributed by atoms with Crippen LogP contribution >= 0.6 is 0 Å². The summed E-state index contributed by atoms with van der Waals surface area (Å²) in [6, 6.07) is 0.289. The molecule has 3 nitrogen and oxygen atoms in total. The van der Waals surface area contributed by atoms with Crippen LogP contribution in [0.15, 0.2) is 0 Å². The second-order valence-electron chi connectivity index (χ2n) is 5.96. The Morgan fingerprint density at radius 1 is 1.41 bits per heavy atom. The summed E-state index contributed by atoms with van der Waals surface area (Å²) in [7, 11) is 0. The van der Waals surface area contributed by atoms with Crippen LogP contribution in [0.25, 0.3) is 0 Å². The minimum Gasteiger partial charge on any atom is -0.353 e. The van der Waals surface area contributed by atoms with Gasteiger partial charge in [-0.2, -0.15) is 0 Å². The number of amides is 1. The summed E-state index contributed by atoms with van der Waals surface area (Å²) in [4.78, 5) is 12.4. The lowest BCUT2D eigenvalue weighted by Crippen LogP contribution is -2.46. The number of hydrogen-bond donors (Lipinski definition) is 2. The van der Waals surface area contributed by atoms with Crippen LogP contribution in [0.4, 0.5) is 0 Å². The molecule has 2 N–H and O–H groups in total. The Bertz CT molecular complexity index is 245. The van der Waals surface area contributed by atoms with E-state index in [-0.39, 0.29) is 17.4 Å². The first-order valence-electron chi connectivity index (χ1n) is 7.02. The summed E-state index contributed by atoms with van der Waals surface area (Å²) in [5, 5.41) is 6.53. The van der Waals surface area contributed by atoms with Crippen LogP contribution in [-0.2, 0) is 4.79 Å². The molecule has 0 spiro atoms. The minimum atomic E-state index is -0.139. The molecule has 1 heterocycles. The lowest BCUT2D eigenvalue weighted by Gasteiger charge is -2.29.